The molecule has 5 aromatic carbocycles. The highest BCUT2D eigenvalue weighted by molar-refractivity contribution is 5.91. The van der Waals surface area contributed by atoms with Gasteiger partial charge in [0.1, 0.15) is 5.54 Å². The number of carbonyl (C=O) groups is 2. The van der Waals surface area contributed by atoms with Crippen molar-refractivity contribution in [3.05, 3.63) is 126 Å². The van der Waals surface area contributed by atoms with Gasteiger partial charge in [-0.2, -0.15) is 0 Å². The zero-order valence-electron chi connectivity index (χ0n) is 23.1. The van der Waals surface area contributed by atoms with E-state index in [1.807, 2.05) is 60.7 Å². The number of amides is 1. The van der Waals surface area contributed by atoms with Crippen molar-refractivity contribution in [2.45, 2.75) is 37.6 Å². The third-order valence-corrected chi connectivity index (χ3v) is 8.53. The highest BCUT2D eigenvalue weighted by atomic mass is 16.4. The third-order valence-electron chi connectivity index (χ3n) is 8.53. The smallest absolute Gasteiger partial charge is 0.329 e. The number of benzene rings is 5. The lowest BCUT2D eigenvalue weighted by Crippen LogP contribution is -2.55. The molecule has 5 nitrogen and oxygen atoms in total. The Labute approximate surface area is 240 Å². The third kappa shape index (κ3) is 5.40. The molecule has 206 valence electrons. The van der Waals surface area contributed by atoms with Gasteiger partial charge in [0.15, 0.2) is 0 Å². The zero-order valence-corrected chi connectivity index (χ0v) is 23.1. The minimum Gasteiger partial charge on any atom is -0.480 e. The summed E-state index contributed by atoms with van der Waals surface area (Å²) < 4.78 is 0. The van der Waals surface area contributed by atoms with E-state index >= 15 is 0 Å². The number of anilines is 1. The summed E-state index contributed by atoms with van der Waals surface area (Å²) in [5, 5.41) is 21.3. The average Bonchev–Trinajstić information content (AvgIpc) is 3.39. The first-order valence-corrected chi connectivity index (χ1v) is 14.2. The Morgan fingerprint density at radius 3 is 1.95 bits per heavy atom. The Balaban J connectivity index is 1.33. The van der Waals surface area contributed by atoms with Gasteiger partial charge in [-0.25, -0.2) is 4.79 Å². The summed E-state index contributed by atoms with van der Waals surface area (Å²) >= 11 is 0. The molecule has 5 heteroatoms. The van der Waals surface area contributed by atoms with Gasteiger partial charge in [-0.1, -0.05) is 103 Å². The van der Waals surface area contributed by atoms with Crippen LogP contribution in [0.1, 0.15) is 36.0 Å². The number of hydrogen-bond donors (Lipinski definition) is 3. The summed E-state index contributed by atoms with van der Waals surface area (Å²) in [4.78, 5) is 26.9. The topological polar surface area (TPSA) is 78.4 Å². The number of rotatable bonds is 9. The van der Waals surface area contributed by atoms with Crippen LogP contribution in [0.4, 0.5) is 5.69 Å². The number of aliphatic carboxylic acids is 1. The van der Waals surface area contributed by atoms with Gasteiger partial charge in [-0.15, -0.1) is 0 Å². The predicted molar refractivity (Wildman–Crippen MR) is 165 cm³/mol. The fourth-order valence-corrected chi connectivity index (χ4v) is 6.33. The van der Waals surface area contributed by atoms with Gasteiger partial charge in [0.05, 0.1) is 0 Å². The molecule has 1 aliphatic rings. The molecule has 2 atom stereocenters. The molecule has 1 amide bonds. The Morgan fingerprint density at radius 1 is 0.805 bits per heavy atom. The van der Waals surface area contributed by atoms with E-state index in [0.717, 1.165) is 43.9 Å². The molecule has 0 saturated carbocycles. The second-order valence-corrected chi connectivity index (χ2v) is 11.4. The van der Waals surface area contributed by atoms with Crippen molar-refractivity contribution >= 4 is 39.1 Å². The van der Waals surface area contributed by atoms with E-state index in [2.05, 4.69) is 59.2 Å². The van der Waals surface area contributed by atoms with Crippen LogP contribution in [-0.2, 0) is 22.4 Å². The van der Waals surface area contributed by atoms with Crippen LogP contribution in [-0.4, -0.2) is 29.1 Å². The molecule has 0 saturated heterocycles. The summed E-state index contributed by atoms with van der Waals surface area (Å²) in [7, 11) is 0. The van der Waals surface area contributed by atoms with Gasteiger partial charge >= 0.3 is 5.97 Å². The lowest BCUT2D eigenvalue weighted by atomic mass is 9.83. The second kappa shape index (κ2) is 11.1. The number of hydrogen-bond acceptors (Lipinski definition) is 3. The fourth-order valence-electron chi connectivity index (χ4n) is 6.33. The summed E-state index contributed by atoms with van der Waals surface area (Å²) in [5.41, 5.74) is 2.86. The highest BCUT2D eigenvalue weighted by Crippen LogP contribution is 2.37. The molecule has 1 aliphatic heterocycles. The summed E-state index contributed by atoms with van der Waals surface area (Å²) in [6.07, 6.45) is 1.30. The van der Waals surface area contributed by atoms with E-state index < -0.39 is 17.4 Å². The molecular weight excluding hydrogens is 508 g/mol. The van der Waals surface area contributed by atoms with Crippen molar-refractivity contribution in [3.8, 4) is 0 Å². The number of fused-ring (bicyclic) bond motifs is 3. The SMILES string of the molecule is C[C@](CC1CNc2ccccc21)(NC(=O)C(Cc1cccc2ccccc12)Cc1cccc2ccccc12)C(=O)O. The van der Waals surface area contributed by atoms with Crippen LogP contribution in [0.5, 0.6) is 0 Å². The zero-order chi connectivity index (χ0) is 28.4. The maximum absolute atomic E-state index is 14.2. The largest absolute Gasteiger partial charge is 0.480 e. The maximum Gasteiger partial charge on any atom is 0.329 e. The van der Waals surface area contributed by atoms with E-state index in [-0.39, 0.29) is 11.8 Å². The van der Waals surface area contributed by atoms with Gasteiger partial charge in [0.25, 0.3) is 0 Å². The second-order valence-electron chi connectivity index (χ2n) is 11.4. The number of para-hydroxylation sites is 1. The highest BCUT2D eigenvalue weighted by Gasteiger charge is 2.40. The molecule has 0 aromatic heterocycles. The Morgan fingerprint density at radius 2 is 1.34 bits per heavy atom. The van der Waals surface area contributed by atoms with Crippen molar-refractivity contribution in [2.75, 3.05) is 11.9 Å². The van der Waals surface area contributed by atoms with Crippen molar-refractivity contribution < 1.29 is 14.7 Å². The van der Waals surface area contributed by atoms with Gasteiger partial charge in [-0.05, 0) is 70.5 Å². The summed E-state index contributed by atoms with van der Waals surface area (Å²) in [5.74, 6) is -1.74. The van der Waals surface area contributed by atoms with Crippen LogP contribution in [0.3, 0.4) is 0 Å². The van der Waals surface area contributed by atoms with E-state index in [9.17, 15) is 14.7 Å². The maximum atomic E-state index is 14.2. The predicted octanol–water partition coefficient (Wildman–Crippen LogP) is 6.95. The Hall–Kier alpha value is -4.64. The van der Waals surface area contributed by atoms with Crippen LogP contribution in [0.2, 0.25) is 0 Å². The van der Waals surface area contributed by atoms with Gasteiger partial charge in [-0.3, -0.25) is 4.79 Å². The quantitative estimate of drug-likeness (QED) is 0.188. The van der Waals surface area contributed by atoms with Crippen LogP contribution < -0.4 is 10.6 Å². The number of nitrogens with one attached hydrogen (secondary N) is 2. The van der Waals surface area contributed by atoms with Crippen molar-refractivity contribution in [2.24, 2.45) is 5.92 Å². The standard InChI is InChI=1S/C36H34N2O3/c1-36(35(40)41,22-29-23-37-33-19-7-6-18-32(29)33)38-34(39)28(20-26-14-8-12-24-10-2-4-16-30(24)26)21-27-15-9-13-25-11-3-5-17-31(25)27/h2-19,28-29,37H,20-23H2,1H3,(H,38,39)(H,40,41)/t29?,36-/m1/s1. The lowest BCUT2D eigenvalue weighted by molar-refractivity contribution is -0.148. The molecule has 6 rings (SSSR count). The van der Waals surface area contributed by atoms with E-state index in [1.165, 1.54) is 0 Å². The van der Waals surface area contributed by atoms with Crippen molar-refractivity contribution in [1.29, 1.82) is 0 Å². The molecule has 0 fully saturated rings. The first-order valence-electron chi connectivity index (χ1n) is 14.2. The van der Waals surface area contributed by atoms with Crippen LogP contribution in [0, 0.1) is 5.92 Å². The van der Waals surface area contributed by atoms with E-state index in [1.54, 1.807) is 6.92 Å². The molecule has 3 N–H and O–H groups in total. The van der Waals surface area contributed by atoms with Crippen molar-refractivity contribution in [3.63, 3.8) is 0 Å². The molecule has 1 heterocycles. The molecule has 0 radical (unpaired) electrons. The van der Waals surface area contributed by atoms with Crippen LogP contribution >= 0.6 is 0 Å². The first-order chi connectivity index (χ1) is 19.9. The van der Waals surface area contributed by atoms with Crippen LogP contribution in [0.15, 0.2) is 109 Å². The van der Waals surface area contributed by atoms with Gasteiger partial charge in [0, 0.05) is 24.1 Å². The molecule has 41 heavy (non-hydrogen) atoms. The van der Waals surface area contributed by atoms with Gasteiger partial charge < -0.3 is 15.7 Å². The van der Waals surface area contributed by atoms with Crippen molar-refractivity contribution in [1.82, 2.24) is 5.32 Å². The van der Waals surface area contributed by atoms with Crippen LogP contribution in [0.25, 0.3) is 21.5 Å². The Bertz CT molecular complexity index is 1650. The molecular formula is C36H34N2O3. The Kier molecular flexibility index (Phi) is 7.19. The monoisotopic (exact) mass is 542 g/mol. The normalized spacial score (nSPS) is 15.8. The van der Waals surface area contributed by atoms with E-state index in [4.69, 9.17) is 0 Å². The fraction of sp³-hybridized carbons (Fsp3) is 0.222. The lowest BCUT2D eigenvalue weighted by Gasteiger charge is -2.31. The summed E-state index contributed by atoms with van der Waals surface area (Å²) in [6.45, 7) is 2.29. The average molecular weight is 543 g/mol. The molecule has 1 unspecified atom stereocenters. The number of carboxylic acid groups (broad SMARTS) is 1. The summed E-state index contributed by atoms with van der Waals surface area (Å²) in [6, 6.07) is 36.7. The van der Waals surface area contributed by atoms with E-state index in [0.29, 0.717) is 25.8 Å². The molecule has 0 aliphatic carbocycles. The number of carbonyl (C=O) groups excluding carboxylic acids is 1. The van der Waals surface area contributed by atoms with Gasteiger partial charge in [0.2, 0.25) is 5.91 Å². The first kappa shape index (κ1) is 26.6. The molecule has 0 bridgehead atoms. The minimum atomic E-state index is -1.42. The number of carboxylic acids is 1. The molecule has 0 spiro atoms. The molecule has 5 aromatic rings. The minimum absolute atomic E-state index is 0.0119.